The maximum atomic E-state index is 13.6. The number of tetrazole rings is 1. The Morgan fingerprint density at radius 1 is 0.953 bits per heavy atom. The monoisotopic (exact) mass is 611 g/mol. The first-order valence-electron chi connectivity index (χ1n) is 13.7. The average Bonchev–Trinajstić information content (AvgIpc) is 3.67. The van der Waals surface area contributed by atoms with Crippen molar-refractivity contribution in [3.8, 4) is 0 Å². The van der Waals surface area contributed by atoms with Crippen LogP contribution in [0.1, 0.15) is 47.7 Å². The third kappa shape index (κ3) is 6.68. The Labute approximate surface area is 243 Å². The van der Waals surface area contributed by atoms with E-state index in [9.17, 15) is 26.3 Å². The van der Waals surface area contributed by atoms with Crippen molar-refractivity contribution < 1.29 is 31.1 Å². The third-order valence-corrected chi connectivity index (χ3v) is 7.35. The minimum absolute atomic E-state index is 0.00206. The lowest BCUT2D eigenvalue weighted by Gasteiger charge is -2.29. The Balaban J connectivity index is 1.60. The van der Waals surface area contributed by atoms with Crippen LogP contribution in [0.15, 0.2) is 24.3 Å². The second-order valence-electron chi connectivity index (χ2n) is 10.6. The Morgan fingerprint density at radius 2 is 1.65 bits per heavy atom. The zero-order chi connectivity index (χ0) is 31.1. The summed E-state index contributed by atoms with van der Waals surface area (Å²) >= 11 is 0. The summed E-state index contributed by atoms with van der Waals surface area (Å²) in [5.41, 5.74) is -0.982. The van der Waals surface area contributed by atoms with Gasteiger partial charge in [-0.1, -0.05) is 5.10 Å². The smallest absolute Gasteiger partial charge is 0.376 e. The molecule has 0 radical (unpaired) electrons. The fourth-order valence-corrected chi connectivity index (χ4v) is 5.30. The van der Waals surface area contributed by atoms with E-state index in [1.165, 1.54) is 16.7 Å². The van der Waals surface area contributed by atoms with Crippen LogP contribution in [0.25, 0.3) is 11.0 Å². The van der Waals surface area contributed by atoms with E-state index in [-0.39, 0.29) is 36.8 Å². The van der Waals surface area contributed by atoms with Gasteiger partial charge < -0.3 is 14.5 Å². The van der Waals surface area contributed by atoms with Crippen LogP contribution in [-0.2, 0) is 44.3 Å². The largest absolute Gasteiger partial charge is 0.416 e. The first kappa shape index (κ1) is 30.5. The molecule has 1 fully saturated rings. The molecule has 1 unspecified atom stereocenters. The summed E-state index contributed by atoms with van der Waals surface area (Å²) in [6, 6.07) is 3.43. The summed E-state index contributed by atoms with van der Waals surface area (Å²) in [5, 5.41) is 17.3. The molecule has 4 aromatic rings. The fourth-order valence-electron chi connectivity index (χ4n) is 5.30. The zero-order valence-electron chi connectivity index (χ0n) is 24.0. The number of aryl methyl sites for hydroxylation is 3. The molecule has 232 valence electrons. The lowest BCUT2D eigenvalue weighted by molar-refractivity contribution is -0.143. The first-order chi connectivity index (χ1) is 20.2. The number of hydrogen-bond acceptors (Lipinski definition) is 8. The molecule has 3 aromatic heterocycles. The van der Waals surface area contributed by atoms with Crippen LogP contribution in [0, 0.1) is 6.92 Å². The molecule has 1 aromatic carbocycles. The van der Waals surface area contributed by atoms with Gasteiger partial charge in [0.1, 0.15) is 5.82 Å². The number of nitrogens with zero attached hydrogens (tertiary/aromatic N) is 9. The maximum Gasteiger partial charge on any atom is 0.416 e. The highest BCUT2D eigenvalue weighted by Crippen LogP contribution is 2.37. The van der Waals surface area contributed by atoms with Gasteiger partial charge in [-0.15, -0.1) is 5.10 Å². The number of aromatic nitrogens is 7. The molecule has 0 saturated carbocycles. The number of benzene rings is 1. The lowest BCUT2D eigenvalue weighted by atomic mass is 10.0. The van der Waals surface area contributed by atoms with Crippen LogP contribution in [-0.4, -0.2) is 60.8 Å². The third-order valence-electron chi connectivity index (χ3n) is 7.35. The fraction of sp³-hybridized carbons (Fsp3) is 0.519. The Kier molecular flexibility index (Phi) is 8.24. The van der Waals surface area contributed by atoms with Gasteiger partial charge in [-0.3, -0.25) is 4.68 Å². The molecular weight excluding hydrogens is 580 g/mol. The lowest BCUT2D eigenvalue weighted by Crippen LogP contribution is -2.34. The predicted octanol–water partition coefficient (Wildman–Crippen LogP) is 5.05. The van der Waals surface area contributed by atoms with Gasteiger partial charge in [0.05, 0.1) is 30.0 Å². The van der Waals surface area contributed by atoms with Crippen molar-refractivity contribution in [2.24, 2.45) is 14.1 Å². The highest BCUT2D eigenvalue weighted by atomic mass is 19.4. The first-order valence-corrected chi connectivity index (χ1v) is 13.7. The van der Waals surface area contributed by atoms with E-state index in [0.29, 0.717) is 48.9 Å². The van der Waals surface area contributed by atoms with Crippen LogP contribution in [0.4, 0.5) is 38.1 Å². The van der Waals surface area contributed by atoms with Crippen molar-refractivity contribution in [1.82, 2.24) is 35.0 Å². The molecule has 0 amide bonds. The average molecular weight is 612 g/mol. The van der Waals surface area contributed by atoms with Crippen molar-refractivity contribution in [3.05, 3.63) is 52.2 Å². The molecule has 0 bridgehead atoms. The molecule has 1 aliphatic heterocycles. The summed E-state index contributed by atoms with van der Waals surface area (Å²) in [4.78, 5) is 9.65. The number of rotatable bonds is 9. The zero-order valence-corrected chi connectivity index (χ0v) is 24.0. The SMILES string of the molecule is CCN(CC1CCCO1)c1nc2c(cc1CN(Cc1cc(C(F)(F)F)cc(C(F)(F)F)c1)c1nnn(C)n1)c(C)nn2C. The van der Waals surface area contributed by atoms with Gasteiger partial charge in [0.2, 0.25) is 0 Å². The molecule has 1 saturated heterocycles. The van der Waals surface area contributed by atoms with Gasteiger partial charge in [-0.05, 0) is 61.7 Å². The summed E-state index contributed by atoms with van der Waals surface area (Å²) in [5.74, 6) is 0.631. The van der Waals surface area contributed by atoms with Crippen molar-refractivity contribution in [2.45, 2.75) is 58.2 Å². The minimum Gasteiger partial charge on any atom is -0.376 e. The molecule has 0 N–H and O–H groups in total. The Bertz CT molecular complexity index is 1560. The van der Waals surface area contributed by atoms with E-state index in [2.05, 4.69) is 25.4 Å². The van der Waals surface area contributed by atoms with Crippen LogP contribution in [0.2, 0.25) is 0 Å². The highest BCUT2D eigenvalue weighted by molar-refractivity contribution is 5.81. The molecule has 0 spiro atoms. The molecule has 0 aliphatic carbocycles. The topological polar surface area (TPSA) is 90.0 Å². The molecule has 4 heterocycles. The highest BCUT2D eigenvalue weighted by Gasteiger charge is 2.37. The summed E-state index contributed by atoms with van der Waals surface area (Å²) in [6.45, 7) is 5.27. The van der Waals surface area contributed by atoms with Crippen molar-refractivity contribution >= 4 is 22.8 Å². The van der Waals surface area contributed by atoms with E-state index in [4.69, 9.17) is 9.72 Å². The standard InChI is InChI=1S/C27H31F6N9O/c1-5-41(15-21-7-6-8-43-21)23-18(11-22-16(2)36-39(3)24(22)34-23)14-42(25-35-38-40(4)37-25)13-17-9-19(26(28,29)30)12-20(10-17)27(31,32)33/h9-12,21H,5-8,13-15H2,1-4H3. The quantitative estimate of drug-likeness (QED) is 0.243. The van der Waals surface area contributed by atoms with Crippen LogP contribution in [0.3, 0.4) is 0 Å². The number of fused-ring (bicyclic) bond motifs is 1. The van der Waals surface area contributed by atoms with E-state index in [1.54, 1.807) is 11.7 Å². The summed E-state index contributed by atoms with van der Waals surface area (Å²) in [7, 11) is 3.29. The van der Waals surface area contributed by atoms with E-state index < -0.39 is 23.5 Å². The predicted molar refractivity (Wildman–Crippen MR) is 145 cm³/mol. The van der Waals surface area contributed by atoms with E-state index in [0.717, 1.165) is 23.9 Å². The van der Waals surface area contributed by atoms with Crippen LogP contribution >= 0.6 is 0 Å². The van der Waals surface area contributed by atoms with Crippen molar-refractivity contribution in [1.29, 1.82) is 0 Å². The normalized spacial score (nSPS) is 15.9. The number of halogens is 6. The molecule has 1 aliphatic rings. The Hall–Kier alpha value is -3.95. The van der Waals surface area contributed by atoms with Gasteiger partial charge in [0.25, 0.3) is 5.95 Å². The summed E-state index contributed by atoms with van der Waals surface area (Å²) < 4.78 is 89.3. The number of alkyl halides is 6. The van der Waals surface area contributed by atoms with Gasteiger partial charge in [-0.25, -0.2) is 4.98 Å². The van der Waals surface area contributed by atoms with Gasteiger partial charge in [0.15, 0.2) is 5.65 Å². The maximum absolute atomic E-state index is 13.6. The number of likely N-dealkylation sites (N-methyl/N-ethyl adjacent to an activating group) is 1. The van der Waals surface area contributed by atoms with Crippen molar-refractivity contribution in [2.75, 3.05) is 29.5 Å². The number of ether oxygens (including phenoxy) is 1. The van der Waals surface area contributed by atoms with Crippen LogP contribution < -0.4 is 9.80 Å². The van der Waals surface area contributed by atoms with E-state index in [1.807, 2.05) is 19.9 Å². The molecule has 10 nitrogen and oxygen atoms in total. The summed E-state index contributed by atoms with van der Waals surface area (Å²) in [6.07, 6.45) is -8.11. The van der Waals surface area contributed by atoms with Crippen LogP contribution in [0.5, 0.6) is 0 Å². The second-order valence-corrected chi connectivity index (χ2v) is 10.6. The van der Waals surface area contributed by atoms with E-state index >= 15 is 0 Å². The number of anilines is 2. The molecular formula is C27H31F6N9O. The van der Waals surface area contributed by atoms with Gasteiger partial charge in [-0.2, -0.15) is 36.2 Å². The van der Waals surface area contributed by atoms with Crippen molar-refractivity contribution in [3.63, 3.8) is 0 Å². The minimum atomic E-state index is -4.98. The van der Waals surface area contributed by atoms with Gasteiger partial charge in [0, 0.05) is 50.8 Å². The molecule has 16 heteroatoms. The van der Waals surface area contributed by atoms with Gasteiger partial charge >= 0.3 is 12.4 Å². The Morgan fingerprint density at radius 3 is 2.21 bits per heavy atom. The molecule has 1 atom stereocenters. The number of pyridine rings is 1. The number of hydrogen-bond donors (Lipinski definition) is 0. The molecule has 5 rings (SSSR count). The second kappa shape index (κ2) is 11.6. The molecule has 43 heavy (non-hydrogen) atoms.